The van der Waals surface area contributed by atoms with Crippen LogP contribution in [0.5, 0.6) is 0 Å². The Balaban J connectivity index is 2.87. The van der Waals surface area contributed by atoms with Crippen LogP contribution in [0.4, 0.5) is 5.69 Å². The Labute approximate surface area is 161 Å². The van der Waals surface area contributed by atoms with Gasteiger partial charge in [-0.25, -0.2) is 4.79 Å². The number of carbonyl (C=O) groups excluding carboxylic acids is 2. The van der Waals surface area contributed by atoms with E-state index in [4.69, 9.17) is 26.8 Å². The summed E-state index contributed by atoms with van der Waals surface area (Å²) in [5.74, 6) is -0.951. The minimum absolute atomic E-state index is 0.0471. The van der Waals surface area contributed by atoms with Gasteiger partial charge >= 0.3 is 11.9 Å². The monoisotopic (exact) mass is 434 g/mol. The molecule has 1 aromatic carbocycles. The maximum absolute atomic E-state index is 12.3. The molecule has 2 N–H and O–H groups in total. The summed E-state index contributed by atoms with van der Waals surface area (Å²) in [6.07, 6.45) is -0.671. The molecule has 6 nitrogen and oxygen atoms in total. The van der Waals surface area contributed by atoms with E-state index in [9.17, 15) is 9.59 Å². The lowest BCUT2D eigenvalue weighted by Gasteiger charge is -2.20. The van der Waals surface area contributed by atoms with Crippen molar-refractivity contribution in [3.05, 3.63) is 27.7 Å². The van der Waals surface area contributed by atoms with Gasteiger partial charge in [-0.05, 0) is 46.7 Å². The number of ether oxygens (including phenoxy) is 2. The van der Waals surface area contributed by atoms with Crippen LogP contribution >= 0.6 is 27.5 Å². The van der Waals surface area contributed by atoms with E-state index in [0.29, 0.717) is 22.3 Å². The highest BCUT2D eigenvalue weighted by Crippen LogP contribution is 2.27. The summed E-state index contributed by atoms with van der Waals surface area (Å²) in [4.78, 5) is 25.5. The summed E-state index contributed by atoms with van der Waals surface area (Å²) < 4.78 is 10.8. The molecule has 1 rings (SSSR count). The third kappa shape index (κ3) is 6.84. The van der Waals surface area contributed by atoms with Crippen molar-refractivity contribution >= 4 is 45.2 Å². The van der Waals surface area contributed by atoms with Crippen LogP contribution in [0, 0.1) is 0 Å². The van der Waals surface area contributed by atoms with Crippen molar-refractivity contribution in [2.45, 2.75) is 33.4 Å². The summed E-state index contributed by atoms with van der Waals surface area (Å²) in [5, 5.41) is 0. The number of hydrogen-bond acceptors (Lipinski definition) is 6. The van der Waals surface area contributed by atoms with Crippen molar-refractivity contribution < 1.29 is 19.1 Å². The molecule has 0 aliphatic carbocycles. The molecule has 1 aromatic rings. The van der Waals surface area contributed by atoms with Crippen LogP contribution in [0.3, 0.4) is 0 Å². The van der Waals surface area contributed by atoms with Gasteiger partial charge in [0.25, 0.3) is 0 Å². The van der Waals surface area contributed by atoms with Crippen molar-refractivity contribution in [1.29, 1.82) is 0 Å². The number of nitrogen functional groups attached to an aromatic ring is 1. The van der Waals surface area contributed by atoms with Gasteiger partial charge in [-0.15, -0.1) is 11.6 Å². The van der Waals surface area contributed by atoms with Crippen LogP contribution in [-0.4, -0.2) is 48.5 Å². The average molecular weight is 436 g/mol. The third-order valence-electron chi connectivity index (χ3n) is 3.64. The van der Waals surface area contributed by atoms with E-state index in [1.807, 2.05) is 0 Å². The number of anilines is 1. The quantitative estimate of drug-likeness (QED) is 0.364. The van der Waals surface area contributed by atoms with E-state index in [2.05, 4.69) is 34.7 Å². The van der Waals surface area contributed by atoms with E-state index < -0.39 is 18.0 Å². The minimum atomic E-state index is -0.671. The molecule has 0 aromatic heterocycles. The lowest BCUT2D eigenvalue weighted by atomic mass is 10.1. The predicted octanol–water partition coefficient (Wildman–Crippen LogP) is 3.20. The largest absolute Gasteiger partial charge is 0.458 e. The van der Waals surface area contributed by atoms with Crippen LogP contribution in [0.2, 0.25) is 0 Å². The van der Waals surface area contributed by atoms with Gasteiger partial charge in [0.2, 0.25) is 0 Å². The van der Waals surface area contributed by atoms with Crippen molar-refractivity contribution in [2.75, 3.05) is 31.3 Å². The van der Waals surface area contributed by atoms with Crippen LogP contribution in [-0.2, 0) is 20.8 Å². The smallest absolute Gasteiger partial charge is 0.338 e. The fourth-order valence-electron chi connectivity index (χ4n) is 2.21. The Morgan fingerprint density at radius 3 is 2.48 bits per heavy atom. The van der Waals surface area contributed by atoms with Crippen molar-refractivity contribution in [3.8, 4) is 0 Å². The molecule has 0 heterocycles. The zero-order valence-electron chi connectivity index (χ0n) is 14.7. The Hall–Kier alpha value is -1.31. The first-order chi connectivity index (χ1) is 11.8. The van der Waals surface area contributed by atoms with Gasteiger partial charge in [0.05, 0.1) is 17.1 Å². The molecule has 0 saturated carbocycles. The summed E-state index contributed by atoms with van der Waals surface area (Å²) in [6, 6.07) is 3.34. The molecule has 0 fully saturated rings. The molecule has 0 saturated heterocycles. The molecule has 1 unspecified atom stereocenters. The van der Waals surface area contributed by atoms with E-state index in [0.717, 1.165) is 18.7 Å². The molecule has 8 heteroatoms. The minimum Gasteiger partial charge on any atom is -0.458 e. The zero-order valence-corrected chi connectivity index (χ0v) is 17.0. The number of esters is 2. The van der Waals surface area contributed by atoms with E-state index >= 15 is 0 Å². The fourth-order valence-corrected chi connectivity index (χ4v) is 2.86. The van der Waals surface area contributed by atoms with Crippen LogP contribution < -0.4 is 5.73 Å². The first-order valence-corrected chi connectivity index (χ1v) is 9.35. The zero-order chi connectivity index (χ0) is 19.0. The lowest BCUT2D eigenvalue weighted by molar-refractivity contribution is -0.147. The normalized spacial score (nSPS) is 12.1. The number of nitrogens with zero attached hydrogens (tertiary/aromatic N) is 1. The molecule has 0 amide bonds. The highest BCUT2D eigenvalue weighted by molar-refractivity contribution is 9.10. The van der Waals surface area contributed by atoms with Gasteiger partial charge in [-0.2, -0.15) is 0 Å². The first kappa shape index (κ1) is 21.7. The maximum atomic E-state index is 12.3. The van der Waals surface area contributed by atoms with Gasteiger partial charge in [-0.1, -0.05) is 13.8 Å². The lowest BCUT2D eigenvalue weighted by Crippen LogP contribution is -2.26. The van der Waals surface area contributed by atoms with Gasteiger partial charge in [0, 0.05) is 17.9 Å². The number of nitrogens with two attached hydrogens (primary N) is 1. The second-order valence-corrected chi connectivity index (χ2v) is 6.64. The van der Waals surface area contributed by atoms with Crippen molar-refractivity contribution in [1.82, 2.24) is 4.90 Å². The molecule has 0 spiro atoms. The molecular formula is C17H24BrClN2O4. The highest BCUT2D eigenvalue weighted by Gasteiger charge is 2.18. The van der Waals surface area contributed by atoms with Crippen molar-refractivity contribution in [3.63, 3.8) is 0 Å². The molecule has 25 heavy (non-hydrogen) atoms. The Morgan fingerprint density at radius 2 is 1.96 bits per heavy atom. The molecule has 0 aliphatic rings. The van der Waals surface area contributed by atoms with Crippen LogP contribution in [0.1, 0.15) is 36.7 Å². The van der Waals surface area contributed by atoms with Gasteiger partial charge in [0.15, 0.2) is 0 Å². The number of rotatable bonds is 9. The number of alkyl halides is 1. The van der Waals surface area contributed by atoms with E-state index in [1.165, 1.54) is 6.92 Å². The number of hydrogen-bond donors (Lipinski definition) is 1. The Bertz CT molecular complexity index is 609. The van der Waals surface area contributed by atoms with Crippen molar-refractivity contribution in [2.24, 2.45) is 0 Å². The van der Waals surface area contributed by atoms with E-state index in [1.54, 1.807) is 12.1 Å². The summed E-state index contributed by atoms with van der Waals surface area (Å²) in [5.41, 5.74) is 7.93. The maximum Gasteiger partial charge on any atom is 0.338 e. The first-order valence-electron chi connectivity index (χ1n) is 8.02. The standard InChI is InChI=1S/C17H24BrClN2O4/c1-4-21(5-2)9-13-6-12(7-15(18)16(13)20)17(23)24-10-14(8-19)25-11(3)22/h6-7,14H,4-5,8-10,20H2,1-3H3. The molecule has 140 valence electrons. The summed E-state index contributed by atoms with van der Waals surface area (Å²) in [7, 11) is 0. The molecule has 0 aliphatic heterocycles. The molecular weight excluding hydrogens is 412 g/mol. The second-order valence-electron chi connectivity index (χ2n) is 5.48. The van der Waals surface area contributed by atoms with Crippen LogP contribution in [0.15, 0.2) is 16.6 Å². The average Bonchev–Trinajstić information content (AvgIpc) is 2.58. The van der Waals surface area contributed by atoms with Gasteiger partial charge in [0.1, 0.15) is 12.7 Å². The van der Waals surface area contributed by atoms with Gasteiger partial charge < -0.3 is 15.2 Å². The topological polar surface area (TPSA) is 81.9 Å². The SMILES string of the molecule is CCN(CC)Cc1cc(C(=O)OCC(CCl)OC(C)=O)cc(Br)c1N. The Kier molecular flexibility index (Phi) is 9.24. The fraction of sp³-hybridized carbons (Fsp3) is 0.529. The predicted molar refractivity (Wildman–Crippen MR) is 102 cm³/mol. The highest BCUT2D eigenvalue weighted by atomic mass is 79.9. The van der Waals surface area contributed by atoms with Crippen LogP contribution in [0.25, 0.3) is 0 Å². The molecule has 0 bridgehead atoms. The molecule has 1 atom stereocenters. The molecule has 0 radical (unpaired) electrons. The summed E-state index contributed by atoms with van der Waals surface area (Å²) >= 11 is 9.09. The Morgan fingerprint density at radius 1 is 1.32 bits per heavy atom. The van der Waals surface area contributed by atoms with E-state index in [-0.39, 0.29) is 12.5 Å². The third-order valence-corrected chi connectivity index (χ3v) is 4.64. The second kappa shape index (κ2) is 10.6. The number of carbonyl (C=O) groups is 2. The van der Waals surface area contributed by atoms with Gasteiger partial charge in [-0.3, -0.25) is 9.69 Å². The number of halogens is 2. The summed E-state index contributed by atoms with van der Waals surface area (Å²) in [6.45, 7) is 7.69. The number of benzene rings is 1.